The molecule has 2 aliphatic heterocycles. The number of carboxylic acids is 1. The Morgan fingerprint density at radius 2 is 1.96 bits per heavy atom. The molecule has 1 aromatic carbocycles. The van der Waals surface area contributed by atoms with Crippen molar-refractivity contribution in [3.63, 3.8) is 0 Å². The fourth-order valence-corrected chi connectivity index (χ4v) is 5.22. The van der Waals surface area contributed by atoms with Gasteiger partial charge in [-0.15, -0.1) is 0 Å². The minimum Gasteiger partial charge on any atom is -0.480 e. The number of rotatable bonds is 6. The van der Waals surface area contributed by atoms with Crippen LogP contribution in [0.4, 0.5) is 11.4 Å². The quantitative estimate of drug-likeness (QED) is 0.793. The highest BCUT2D eigenvalue weighted by Gasteiger charge is 2.42. The Morgan fingerprint density at radius 3 is 2.58 bits per heavy atom. The second-order valence-electron chi connectivity index (χ2n) is 6.41. The van der Waals surface area contributed by atoms with Crippen LogP contribution in [0.1, 0.15) is 26.7 Å². The highest BCUT2D eigenvalue weighted by atomic mass is 32.2. The first kappa shape index (κ1) is 18.7. The number of carbonyl (C=O) groups is 2. The molecule has 1 amide bonds. The van der Waals surface area contributed by atoms with Crippen molar-refractivity contribution < 1.29 is 23.1 Å². The van der Waals surface area contributed by atoms with Crippen molar-refractivity contribution in [1.29, 1.82) is 0 Å². The van der Waals surface area contributed by atoms with E-state index in [1.165, 1.54) is 21.3 Å². The molecule has 1 aromatic rings. The van der Waals surface area contributed by atoms with E-state index < -0.39 is 22.5 Å². The van der Waals surface area contributed by atoms with Crippen molar-refractivity contribution in [1.82, 2.24) is 4.31 Å². The van der Waals surface area contributed by atoms with Crippen LogP contribution in [0.15, 0.2) is 23.1 Å². The number of nitrogens with zero attached hydrogens (tertiary/aromatic N) is 3. The van der Waals surface area contributed by atoms with Crippen LogP contribution in [0.5, 0.6) is 0 Å². The lowest BCUT2D eigenvalue weighted by molar-refractivity contribution is -0.136. The number of sulfonamides is 1. The van der Waals surface area contributed by atoms with Crippen molar-refractivity contribution in [2.45, 2.75) is 37.6 Å². The van der Waals surface area contributed by atoms with E-state index in [2.05, 4.69) is 0 Å². The lowest BCUT2D eigenvalue weighted by Gasteiger charge is -2.39. The number of carboxylic acid groups (broad SMARTS) is 1. The van der Waals surface area contributed by atoms with E-state index in [1.54, 1.807) is 19.9 Å². The number of amides is 1. The van der Waals surface area contributed by atoms with Gasteiger partial charge < -0.3 is 10.0 Å². The zero-order valence-corrected chi connectivity index (χ0v) is 15.7. The minimum atomic E-state index is -3.70. The van der Waals surface area contributed by atoms with Gasteiger partial charge in [0.15, 0.2) is 0 Å². The first-order valence-electron chi connectivity index (χ1n) is 8.75. The summed E-state index contributed by atoms with van der Waals surface area (Å²) in [6, 6.07) is 4.28. The second kappa shape index (κ2) is 6.88. The molecule has 2 aliphatic rings. The number of anilines is 2. The molecular formula is C17H23N3O5S. The SMILES string of the molecule is CCN(CC)S(=O)(=O)c1ccc2c(c1)N(CC(=O)O)C(=O)[C@@H]1CCCN21. The Morgan fingerprint density at radius 1 is 1.27 bits per heavy atom. The minimum absolute atomic E-state index is 0.0702. The van der Waals surface area contributed by atoms with E-state index in [0.717, 1.165) is 6.42 Å². The van der Waals surface area contributed by atoms with Crippen LogP contribution in [-0.4, -0.2) is 61.9 Å². The Labute approximate surface area is 153 Å². The van der Waals surface area contributed by atoms with E-state index in [1.807, 2.05) is 4.90 Å². The lowest BCUT2D eigenvalue weighted by atomic mass is 10.1. The van der Waals surface area contributed by atoms with Crippen molar-refractivity contribution in [3.05, 3.63) is 18.2 Å². The molecule has 9 heteroatoms. The summed E-state index contributed by atoms with van der Waals surface area (Å²) in [6.45, 7) is 4.41. The standard InChI is InChI=1S/C17H23N3O5S/c1-3-18(4-2)26(24,25)12-7-8-13-15(10-12)20(11-16(21)22)17(23)14-6-5-9-19(13)14/h7-8,10,14H,3-6,9,11H2,1-2H3,(H,21,22)/t14-/m0/s1. The number of hydrogen-bond acceptors (Lipinski definition) is 5. The molecule has 0 unspecified atom stereocenters. The summed E-state index contributed by atoms with van der Waals surface area (Å²) in [7, 11) is -3.70. The molecule has 2 heterocycles. The molecule has 1 saturated heterocycles. The summed E-state index contributed by atoms with van der Waals surface area (Å²) in [4.78, 5) is 27.3. The number of aliphatic carboxylic acids is 1. The first-order valence-corrected chi connectivity index (χ1v) is 10.2. The highest BCUT2D eigenvalue weighted by Crippen LogP contribution is 2.41. The third-order valence-corrected chi connectivity index (χ3v) is 7.03. The summed E-state index contributed by atoms with van der Waals surface area (Å²) < 4.78 is 27.0. The van der Waals surface area contributed by atoms with E-state index in [-0.39, 0.29) is 16.8 Å². The van der Waals surface area contributed by atoms with Crippen LogP contribution in [0.2, 0.25) is 0 Å². The Hall–Kier alpha value is -2.13. The Kier molecular flexibility index (Phi) is 4.94. The van der Waals surface area contributed by atoms with E-state index >= 15 is 0 Å². The van der Waals surface area contributed by atoms with Crippen molar-refractivity contribution in [2.75, 3.05) is 36.0 Å². The molecule has 1 atom stereocenters. The molecule has 0 spiro atoms. The zero-order chi connectivity index (χ0) is 19.1. The molecule has 142 valence electrons. The van der Waals surface area contributed by atoms with Gasteiger partial charge in [-0.25, -0.2) is 8.42 Å². The number of hydrogen-bond donors (Lipinski definition) is 1. The summed E-state index contributed by atoms with van der Waals surface area (Å²) >= 11 is 0. The highest BCUT2D eigenvalue weighted by molar-refractivity contribution is 7.89. The number of carbonyl (C=O) groups excluding carboxylic acids is 1. The van der Waals surface area contributed by atoms with Gasteiger partial charge in [-0.3, -0.25) is 14.5 Å². The van der Waals surface area contributed by atoms with Gasteiger partial charge >= 0.3 is 5.97 Å². The lowest BCUT2D eigenvalue weighted by Crippen LogP contribution is -2.52. The monoisotopic (exact) mass is 381 g/mol. The van der Waals surface area contributed by atoms with Gasteiger partial charge in [0.1, 0.15) is 12.6 Å². The fourth-order valence-electron chi connectivity index (χ4n) is 3.74. The van der Waals surface area contributed by atoms with Gasteiger partial charge in [0.05, 0.1) is 16.3 Å². The van der Waals surface area contributed by atoms with Gasteiger partial charge in [0.2, 0.25) is 15.9 Å². The van der Waals surface area contributed by atoms with Crippen molar-refractivity contribution in [3.8, 4) is 0 Å². The Balaban J connectivity index is 2.12. The molecule has 0 aromatic heterocycles. The molecule has 1 fully saturated rings. The number of benzene rings is 1. The van der Waals surface area contributed by atoms with Crippen LogP contribution >= 0.6 is 0 Å². The maximum atomic E-state index is 12.8. The third kappa shape index (κ3) is 2.95. The average molecular weight is 381 g/mol. The van der Waals surface area contributed by atoms with Crippen molar-refractivity contribution >= 4 is 33.3 Å². The molecule has 0 aliphatic carbocycles. The molecule has 0 radical (unpaired) electrons. The van der Waals surface area contributed by atoms with Crippen LogP contribution in [-0.2, 0) is 19.6 Å². The molecule has 3 rings (SSSR count). The third-order valence-electron chi connectivity index (χ3n) is 4.99. The van der Waals surface area contributed by atoms with Gasteiger partial charge in [0.25, 0.3) is 0 Å². The zero-order valence-electron chi connectivity index (χ0n) is 14.9. The maximum absolute atomic E-state index is 12.8. The Bertz CT molecular complexity index is 835. The van der Waals surface area contributed by atoms with Crippen LogP contribution in [0, 0.1) is 0 Å². The van der Waals surface area contributed by atoms with E-state index in [0.29, 0.717) is 37.4 Å². The predicted molar refractivity (Wildman–Crippen MR) is 96.9 cm³/mol. The molecular weight excluding hydrogens is 358 g/mol. The van der Waals surface area contributed by atoms with Crippen molar-refractivity contribution in [2.24, 2.45) is 0 Å². The largest absolute Gasteiger partial charge is 0.480 e. The summed E-state index contributed by atoms with van der Waals surface area (Å²) in [6.07, 6.45) is 1.52. The van der Waals surface area contributed by atoms with Gasteiger partial charge in [-0.05, 0) is 31.0 Å². The van der Waals surface area contributed by atoms with Gasteiger partial charge in [-0.2, -0.15) is 4.31 Å². The van der Waals surface area contributed by atoms with E-state index in [4.69, 9.17) is 0 Å². The molecule has 26 heavy (non-hydrogen) atoms. The van der Waals surface area contributed by atoms with Crippen LogP contribution in [0.3, 0.4) is 0 Å². The summed E-state index contributed by atoms with van der Waals surface area (Å²) in [5.41, 5.74) is 1.07. The molecule has 1 N–H and O–H groups in total. The topological polar surface area (TPSA) is 98.2 Å². The summed E-state index contributed by atoms with van der Waals surface area (Å²) in [5, 5.41) is 9.21. The van der Waals surface area contributed by atoms with Gasteiger partial charge in [0, 0.05) is 19.6 Å². The molecule has 8 nitrogen and oxygen atoms in total. The summed E-state index contributed by atoms with van der Waals surface area (Å²) in [5.74, 6) is -1.41. The van der Waals surface area contributed by atoms with E-state index in [9.17, 15) is 23.1 Å². The second-order valence-corrected chi connectivity index (χ2v) is 8.35. The normalized spacial score (nSPS) is 19.7. The number of fused-ring (bicyclic) bond motifs is 3. The van der Waals surface area contributed by atoms with Gasteiger partial charge in [-0.1, -0.05) is 13.8 Å². The average Bonchev–Trinajstić information content (AvgIpc) is 3.08. The first-order chi connectivity index (χ1) is 12.3. The molecule has 0 saturated carbocycles. The van der Waals surface area contributed by atoms with Crippen LogP contribution in [0.25, 0.3) is 0 Å². The smallest absolute Gasteiger partial charge is 0.323 e. The predicted octanol–water partition coefficient (Wildman–Crippen LogP) is 1.12. The maximum Gasteiger partial charge on any atom is 0.323 e. The molecule has 0 bridgehead atoms. The fraction of sp³-hybridized carbons (Fsp3) is 0.529. The van der Waals surface area contributed by atoms with Crippen LogP contribution < -0.4 is 9.80 Å².